The molecule has 0 aliphatic rings. The van der Waals surface area contributed by atoms with Gasteiger partial charge in [0.05, 0.1) is 18.9 Å². The topological polar surface area (TPSA) is 89.9 Å². The van der Waals surface area contributed by atoms with Crippen LogP contribution in [0.3, 0.4) is 0 Å². The fourth-order valence-corrected chi connectivity index (χ4v) is 3.11. The quantitative estimate of drug-likeness (QED) is 0.216. The minimum absolute atomic E-state index is 0.325. The third kappa shape index (κ3) is 4.62. The number of amides is 1. The second-order valence-electron chi connectivity index (χ2n) is 6.75. The number of aromatic nitrogens is 1. The summed E-state index contributed by atoms with van der Waals surface area (Å²) >= 11 is 0. The van der Waals surface area contributed by atoms with Gasteiger partial charge in [-0.05, 0) is 53.2 Å². The number of esters is 1. The van der Waals surface area contributed by atoms with Crippen LogP contribution in [-0.4, -0.2) is 30.2 Å². The van der Waals surface area contributed by atoms with Crippen LogP contribution in [0.25, 0.3) is 10.8 Å². The van der Waals surface area contributed by atoms with Crippen molar-refractivity contribution < 1.29 is 19.1 Å². The Morgan fingerprint density at radius 3 is 2.41 bits per heavy atom. The van der Waals surface area contributed by atoms with Gasteiger partial charge in [-0.15, -0.1) is 0 Å². The minimum atomic E-state index is -0.515. The number of hydrogen-bond donors (Lipinski definition) is 1. The lowest BCUT2D eigenvalue weighted by molar-refractivity contribution is 0.0734. The summed E-state index contributed by atoms with van der Waals surface area (Å²) in [5.74, 6) is 0.0792. The molecule has 0 saturated heterocycles. The number of nitrogens with zero attached hydrogens (tertiary/aromatic N) is 2. The van der Waals surface area contributed by atoms with Gasteiger partial charge < -0.3 is 9.47 Å². The van der Waals surface area contributed by atoms with Gasteiger partial charge in [0.2, 0.25) is 0 Å². The smallest absolute Gasteiger partial charge is 0.343 e. The van der Waals surface area contributed by atoms with Crippen molar-refractivity contribution in [2.75, 3.05) is 7.11 Å². The van der Waals surface area contributed by atoms with Gasteiger partial charge in [0.1, 0.15) is 11.5 Å². The Labute approximate surface area is 184 Å². The third-order valence-electron chi connectivity index (χ3n) is 4.76. The normalized spacial score (nSPS) is 10.8. The van der Waals surface area contributed by atoms with Crippen LogP contribution in [-0.2, 0) is 0 Å². The number of methoxy groups -OCH3 is 1. The van der Waals surface area contributed by atoms with E-state index in [9.17, 15) is 9.59 Å². The summed E-state index contributed by atoms with van der Waals surface area (Å²) in [6, 6.07) is 21.0. The number of carbonyl (C=O) groups excluding carboxylic acids is 2. The number of carbonyl (C=O) groups is 2. The number of benzene rings is 3. The molecule has 4 rings (SSSR count). The van der Waals surface area contributed by atoms with Gasteiger partial charge >= 0.3 is 5.97 Å². The molecule has 3 aromatic carbocycles. The second-order valence-corrected chi connectivity index (χ2v) is 6.75. The van der Waals surface area contributed by atoms with Gasteiger partial charge in [0.25, 0.3) is 5.91 Å². The molecule has 0 spiro atoms. The Kier molecular flexibility index (Phi) is 6.17. The molecule has 0 fully saturated rings. The van der Waals surface area contributed by atoms with Crippen molar-refractivity contribution in [3.05, 3.63) is 102 Å². The zero-order chi connectivity index (χ0) is 22.3. The highest BCUT2D eigenvalue weighted by Crippen LogP contribution is 2.27. The van der Waals surface area contributed by atoms with Crippen molar-refractivity contribution in [3.8, 4) is 11.5 Å². The zero-order valence-electron chi connectivity index (χ0n) is 17.2. The highest BCUT2D eigenvalue weighted by molar-refractivity contribution is 6.04. The SMILES string of the molecule is COc1ccc(C(=O)Oc2ccc3ccccc3c2C=NNC(=O)c2ccncc2)cc1. The summed E-state index contributed by atoms with van der Waals surface area (Å²) in [5.41, 5.74) is 3.87. The fraction of sp³-hybridized carbons (Fsp3) is 0.0400. The van der Waals surface area contributed by atoms with E-state index in [1.54, 1.807) is 49.6 Å². The Morgan fingerprint density at radius 1 is 0.906 bits per heavy atom. The van der Waals surface area contributed by atoms with Crippen LogP contribution in [0.2, 0.25) is 0 Å². The first kappa shape index (κ1) is 20.7. The van der Waals surface area contributed by atoms with E-state index in [4.69, 9.17) is 9.47 Å². The first-order valence-electron chi connectivity index (χ1n) is 9.77. The number of nitrogens with one attached hydrogen (secondary N) is 1. The van der Waals surface area contributed by atoms with Gasteiger partial charge in [-0.3, -0.25) is 9.78 Å². The molecule has 0 aliphatic carbocycles. The summed E-state index contributed by atoms with van der Waals surface area (Å²) in [7, 11) is 1.56. The van der Waals surface area contributed by atoms with E-state index in [2.05, 4.69) is 15.5 Å². The van der Waals surface area contributed by atoms with Crippen LogP contribution < -0.4 is 14.9 Å². The summed E-state index contributed by atoms with van der Waals surface area (Å²) in [6.45, 7) is 0. The van der Waals surface area contributed by atoms with E-state index in [0.717, 1.165) is 10.8 Å². The molecule has 0 atom stereocenters. The van der Waals surface area contributed by atoms with Crippen LogP contribution in [0.15, 0.2) is 90.3 Å². The van der Waals surface area contributed by atoms with E-state index in [1.165, 1.54) is 18.6 Å². The van der Waals surface area contributed by atoms with Crippen LogP contribution in [0.1, 0.15) is 26.3 Å². The van der Waals surface area contributed by atoms with Crippen LogP contribution in [0, 0.1) is 0 Å². The summed E-state index contributed by atoms with van der Waals surface area (Å²) in [4.78, 5) is 28.8. The minimum Gasteiger partial charge on any atom is -0.497 e. The molecule has 1 heterocycles. The number of hydrazone groups is 1. The maximum absolute atomic E-state index is 12.7. The highest BCUT2D eigenvalue weighted by atomic mass is 16.5. The monoisotopic (exact) mass is 425 g/mol. The van der Waals surface area contributed by atoms with E-state index in [1.807, 2.05) is 30.3 Å². The first-order chi connectivity index (χ1) is 15.7. The van der Waals surface area contributed by atoms with Crippen LogP contribution in [0.5, 0.6) is 11.5 Å². The standard InChI is InChI=1S/C25H19N3O4/c1-31-20-9-6-19(7-10-20)25(30)32-23-11-8-17-4-2-3-5-21(17)22(23)16-27-28-24(29)18-12-14-26-15-13-18/h2-16H,1H3,(H,28,29). The van der Waals surface area contributed by atoms with Gasteiger partial charge in [0, 0.05) is 23.5 Å². The highest BCUT2D eigenvalue weighted by Gasteiger charge is 2.14. The molecule has 7 nitrogen and oxygen atoms in total. The van der Waals surface area contributed by atoms with Crippen molar-refractivity contribution >= 4 is 28.9 Å². The Morgan fingerprint density at radius 2 is 1.66 bits per heavy atom. The number of fused-ring (bicyclic) bond motifs is 1. The molecule has 158 valence electrons. The van der Waals surface area contributed by atoms with Gasteiger partial charge in [0.15, 0.2) is 0 Å². The molecule has 32 heavy (non-hydrogen) atoms. The second kappa shape index (κ2) is 9.53. The molecule has 1 N–H and O–H groups in total. The van der Waals surface area contributed by atoms with Gasteiger partial charge in [-0.2, -0.15) is 5.10 Å². The molecule has 7 heteroatoms. The van der Waals surface area contributed by atoms with E-state index in [0.29, 0.717) is 28.2 Å². The maximum atomic E-state index is 12.7. The lowest BCUT2D eigenvalue weighted by Crippen LogP contribution is -2.17. The van der Waals surface area contributed by atoms with Gasteiger partial charge in [-0.1, -0.05) is 30.3 Å². The van der Waals surface area contributed by atoms with E-state index >= 15 is 0 Å². The zero-order valence-corrected chi connectivity index (χ0v) is 17.2. The fourth-order valence-electron chi connectivity index (χ4n) is 3.11. The molecule has 0 saturated carbocycles. The Balaban J connectivity index is 1.61. The van der Waals surface area contributed by atoms with Crippen molar-refractivity contribution in [1.29, 1.82) is 0 Å². The molecule has 1 amide bonds. The molecule has 0 bridgehead atoms. The predicted octanol–water partition coefficient (Wildman–Crippen LogP) is 4.23. The van der Waals surface area contributed by atoms with Crippen LogP contribution in [0.4, 0.5) is 0 Å². The summed E-state index contributed by atoms with van der Waals surface area (Å²) < 4.78 is 10.8. The molecule has 0 radical (unpaired) electrons. The number of rotatable bonds is 6. The number of pyridine rings is 1. The molecular weight excluding hydrogens is 406 g/mol. The largest absolute Gasteiger partial charge is 0.497 e. The third-order valence-corrected chi connectivity index (χ3v) is 4.76. The average Bonchev–Trinajstić information content (AvgIpc) is 2.85. The van der Waals surface area contributed by atoms with E-state index < -0.39 is 5.97 Å². The molecular formula is C25H19N3O4. The maximum Gasteiger partial charge on any atom is 0.343 e. The molecule has 1 aromatic heterocycles. The number of hydrogen-bond acceptors (Lipinski definition) is 6. The lowest BCUT2D eigenvalue weighted by Gasteiger charge is -2.11. The molecule has 4 aromatic rings. The molecule has 0 unspecified atom stereocenters. The summed E-state index contributed by atoms with van der Waals surface area (Å²) in [5, 5.41) is 5.85. The first-order valence-corrected chi connectivity index (χ1v) is 9.77. The van der Waals surface area contributed by atoms with Gasteiger partial charge in [-0.25, -0.2) is 10.2 Å². The lowest BCUT2D eigenvalue weighted by atomic mass is 10.0. The van der Waals surface area contributed by atoms with Crippen LogP contribution >= 0.6 is 0 Å². The van der Waals surface area contributed by atoms with Crippen molar-refractivity contribution in [2.45, 2.75) is 0 Å². The van der Waals surface area contributed by atoms with Crippen molar-refractivity contribution in [1.82, 2.24) is 10.4 Å². The number of ether oxygens (including phenoxy) is 2. The van der Waals surface area contributed by atoms with Crippen molar-refractivity contribution in [3.63, 3.8) is 0 Å². The molecule has 0 aliphatic heterocycles. The predicted molar refractivity (Wildman–Crippen MR) is 121 cm³/mol. The average molecular weight is 425 g/mol. The Bertz CT molecular complexity index is 1290. The van der Waals surface area contributed by atoms with Crippen molar-refractivity contribution in [2.24, 2.45) is 5.10 Å². The van der Waals surface area contributed by atoms with E-state index in [-0.39, 0.29) is 5.91 Å². The summed E-state index contributed by atoms with van der Waals surface area (Å²) in [6.07, 6.45) is 4.53. The Hall–Kier alpha value is -4.52.